The van der Waals surface area contributed by atoms with Gasteiger partial charge in [0.05, 0.1) is 11.6 Å². The molecule has 0 radical (unpaired) electrons. The van der Waals surface area contributed by atoms with Crippen LogP contribution in [0.5, 0.6) is 5.75 Å². The first-order valence-corrected chi connectivity index (χ1v) is 6.53. The SMILES string of the molecule is Cl.N#Cc1ccc(Br)c([C@H](N)c2cccs2)c1O. The van der Waals surface area contributed by atoms with E-state index in [0.717, 1.165) is 4.88 Å². The van der Waals surface area contributed by atoms with Crippen molar-refractivity contribution in [2.75, 3.05) is 0 Å². The smallest absolute Gasteiger partial charge is 0.139 e. The number of nitrogens with two attached hydrogens (primary N) is 1. The van der Waals surface area contributed by atoms with Gasteiger partial charge < -0.3 is 10.8 Å². The van der Waals surface area contributed by atoms with Crippen LogP contribution >= 0.6 is 39.7 Å². The molecule has 1 aromatic heterocycles. The van der Waals surface area contributed by atoms with Gasteiger partial charge in [-0.2, -0.15) is 5.26 Å². The van der Waals surface area contributed by atoms with Crippen molar-refractivity contribution in [3.05, 3.63) is 50.1 Å². The standard InChI is InChI=1S/C12H9BrN2OS.ClH/c13-8-4-3-7(6-14)12(16)10(8)11(15)9-2-1-5-17-9;/h1-5,11,16H,15H2;1H/t11-;/m1./s1. The predicted molar refractivity (Wildman–Crippen MR) is 78.1 cm³/mol. The molecule has 0 fully saturated rings. The normalized spacial score (nSPS) is 11.4. The Morgan fingerprint density at radius 1 is 1.39 bits per heavy atom. The number of rotatable bonds is 2. The topological polar surface area (TPSA) is 70.0 Å². The molecule has 94 valence electrons. The second-order valence-corrected chi connectivity index (χ2v) is 5.30. The van der Waals surface area contributed by atoms with Gasteiger partial charge in [-0.25, -0.2) is 0 Å². The Bertz CT molecular complexity index is 581. The highest BCUT2D eigenvalue weighted by Gasteiger charge is 2.19. The van der Waals surface area contributed by atoms with Crippen molar-refractivity contribution in [2.45, 2.75) is 6.04 Å². The van der Waals surface area contributed by atoms with E-state index in [2.05, 4.69) is 15.9 Å². The number of nitriles is 1. The zero-order valence-electron chi connectivity index (χ0n) is 9.13. The molecule has 1 aromatic carbocycles. The number of halogens is 2. The van der Waals surface area contributed by atoms with Crippen LogP contribution in [-0.2, 0) is 0 Å². The van der Waals surface area contributed by atoms with Gasteiger partial charge >= 0.3 is 0 Å². The Kier molecular flexibility index (Phi) is 5.17. The van der Waals surface area contributed by atoms with E-state index in [4.69, 9.17) is 11.0 Å². The second kappa shape index (κ2) is 6.21. The highest BCUT2D eigenvalue weighted by Crippen LogP contribution is 2.37. The molecule has 0 amide bonds. The Balaban J connectivity index is 0.00000162. The van der Waals surface area contributed by atoms with E-state index in [1.54, 1.807) is 12.1 Å². The van der Waals surface area contributed by atoms with E-state index in [1.807, 2.05) is 23.6 Å². The lowest BCUT2D eigenvalue weighted by molar-refractivity contribution is 0.463. The van der Waals surface area contributed by atoms with Crippen molar-refractivity contribution in [3.8, 4) is 11.8 Å². The van der Waals surface area contributed by atoms with E-state index < -0.39 is 6.04 Å². The molecule has 6 heteroatoms. The summed E-state index contributed by atoms with van der Waals surface area (Å²) in [4.78, 5) is 0.941. The molecule has 0 aliphatic rings. The lowest BCUT2D eigenvalue weighted by Gasteiger charge is -2.14. The lowest BCUT2D eigenvalue weighted by Crippen LogP contribution is -2.11. The van der Waals surface area contributed by atoms with Crippen molar-refractivity contribution in [3.63, 3.8) is 0 Å². The highest BCUT2D eigenvalue weighted by molar-refractivity contribution is 9.10. The van der Waals surface area contributed by atoms with Gasteiger partial charge in [0.25, 0.3) is 0 Å². The summed E-state index contributed by atoms with van der Waals surface area (Å²) in [7, 11) is 0. The van der Waals surface area contributed by atoms with Crippen LogP contribution in [0.25, 0.3) is 0 Å². The van der Waals surface area contributed by atoms with Crippen molar-refractivity contribution in [2.24, 2.45) is 5.73 Å². The van der Waals surface area contributed by atoms with Crippen LogP contribution in [-0.4, -0.2) is 5.11 Å². The van der Waals surface area contributed by atoms with Gasteiger partial charge in [-0.05, 0) is 23.6 Å². The minimum atomic E-state index is -0.433. The van der Waals surface area contributed by atoms with E-state index in [1.165, 1.54) is 11.3 Å². The number of hydrogen-bond acceptors (Lipinski definition) is 4. The summed E-state index contributed by atoms with van der Waals surface area (Å²) in [6, 6.07) is 8.59. The third-order valence-corrected chi connectivity index (χ3v) is 4.09. The number of phenols is 1. The summed E-state index contributed by atoms with van der Waals surface area (Å²) < 4.78 is 0.704. The van der Waals surface area contributed by atoms with Crippen LogP contribution < -0.4 is 5.73 Å². The van der Waals surface area contributed by atoms with Crippen LogP contribution in [0.15, 0.2) is 34.1 Å². The summed E-state index contributed by atoms with van der Waals surface area (Å²) in [5, 5.41) is 20.8. The fraction of sp³-hybridized carbons (Fsp3) is 0.0833. The third kappa shape index (κ3) is 2.68. The maximum absolute atomic E-state index is 10.0. The molecule has 0 aliphatic heterocycles. The molecule has 0 bridgehead atoms. The zero-order chi connectivity index (χ0) is 12.4. The molecule has 18 heavy (non-hydrogen) atoms. The minimum Gasteiger partial charge on any atom is -0.506 e. The Hall–Kier alpha value is -1.06. The van der Waals surface area contributed by atoms with Gasteiger partial charge in [-0.3, -0.25) is 0 Å². The quantitative estimate of drug-likeness (QED) is 0.874. The number of hydrogen-bond donors (Lipinski definition) is 2. The number of phenolic OH excluding ortho intramolecular Hbond substituents is 1. The molecule has 2 aromatic rings. The summed E-state index contributed by atoms with van der Waals surface area (Å²) in [6.45, 7) is 0. The van der Waals surface area contributed by atoms with Crippen LogP contribution in [0.3, 0.4) is 0 Å². The van der Waals surface area contributed by atoms with Gasteiger partial charge in [0.1, 0.15) is 11.8 Å². The summed E-state index contributed by atoms with van der Waals surface area (Å²) in [6.07, 6.45) is 0. The number of thiophene rings is 1. The molecular weight excluding hydrogens is 336 g/mol. The van der Waals surface area contributed by atoms with Crippen LogP contribution in [0, 0.1) is 11.3 Å². The Morgan fingerprint density at radius 3 is 2.67 bits per heavy atom. The molecule has 0 aliphatic carbocycles. The summed E-state index contributed by atoms with van der Waals surface area (Å²) in [5.74, 6) is -0.0530. The third-order valence-electron chi connectivity index (χ3n) is 2.45. The first kappa shape index (κ1) is 15.0. The minimum absolute atomic E-state index is 0. The number of nitrogens with zero attached hydrogens (tertiary/aromatic N) is 1. The average molecular weight is 346 g/mol. The second-order valence-electron chi connectivity index (χ2n) is 3.46. The van der Waals surface area contributed by atoms with Crippen LogP contribution in [0.2, 0.25) is 0 Å². The zero-order valence-corrected chi connectivity index (χ0v) is 12.3. The molecule has 0 saturated heterocycles. The predicted octanol–water partition coefficient (Wildman–Crippen LogP) is 3.56. The first-order chi connectivity index (χ1) is 8.15. The fourth-order valence-corrected chi connectivity index (χ4v) is 2.88. The van der Waals surface area contributed by atoms with Gasteiger partial charge in [-0.1, -0.05) is 22.0 Å². The maximum atomic E-state index is 10.0. The maximum Gasteiger partial charge on any atom is 0.139 e. The van der Waals surface area contributed by atoms with Crippen molar-refractivity contribution < 1.29 is 5.11 Å². The number of benzene rings is 1. The molecule has 3 nitrogen and oxygen atoms in total. The molecule has 0 unspecified atom stereocenters. The molecule has 3 N–H and O–H groups in total. The van der Waals surface area contributed by atoms with Crippen LogP contribution in [0.4, 0.5) is 0 Å². The molecule has 1 heterocycles. The molecule has 0 saturated carbocycles. The van der Waals surface area contributed by atoms with Crippen molar-refractivity contribution in [1.82, 2.24) is 0 Å². The van der Waals surface area contributed by atoms with Crippen LogP contribution in [0.1, 0.15) is 22.0 Å². The van der Waals surface area contributed by atoms with Gasteiger partial charge in [0.15, 0.2) is 0 Å². The van der Waals surface area contributed by atoms with E-state index in [9.17, 15) is 5.11 Å². The van der Waals surface area contributed by atoms with Crippen molar-refractivity contribution >= 4 is 39.7 Å². The molecule has 1 atom stereocenters. The first-order valence-electron chi connectivity index (χ1n) is 4.85. The van der Waals surface area contributed by atoms with Gasteiger partial charge in [-0.15, -0.1) is 23.7 Å². The monoisotopic (exact) mass is 344 g/mol. The fourth-order valence-electron chi connectivity index (χ4n) is 1.58. The van der Waals surface area contributed by atoms with E-state index in [-0.39, 0.29) is 23.7 Å². The molecule has 0 spiro atoms. The molecular formula is C12H10BrClN2OS. The Labute approximate surface area is 123 Å². The molecule has 2 rings (SSSR count). The lowest BCUT2D eigenvalue weighted by atomic mass is 10.0. The number of aromatic hydroxyl groups is 1. The average Bonchev–Trinajstić information content (AvgIpc) is 2.82. The largest absolute Gasteiger partial charge is 0.506 e. The summed E-state index contributed by atoms with van der Waals surface area (Å²) in [5.41, 5.74) is 6.88. The van der Waals surface area contributed by atoms with Gasteiger partial charge in [0, 0.05) is 14.9 Å². The van der Waals surface area contributed by atoms with Gasteiger partial charge in [0.2, 0.25) is 0 Å². The Morgan fingerprint density at radius 2 is 2.11 bits per heavy atom. The van der Waals surface area contributed by atoms with E-state index in [0.29, 0.717) is 10.0 Å². The summed E-state index contributed by atoms with van der Waals surface area (Å²) >= 11 is 4.87. The van der Waals surface area contributed by atoms with Crippen molar-refractivity contribution in [1.29, 1.82) is 5.26 Å². The highest BCUT2D eigenvalue weighted by atomic mass is 79.9. The van der Waals surface area contributed by atoms with E-state index >= 15 is 0 Å².